The molecule has 40 heavy (non-hydrogen) atoms. The number of fused-ring (bicyclic) bond motifs is 1. The Bertz CT molecular complexity index is 1400. The minimum atomic E-state index is -0.948. The van der Waals surface area contributed by atoms with Gasteiger partial charge < -0.3 is 19.5 Å². The van der Waals surface area contributed by atoms with Crippen LogP contribution in [-0.2, 0) is 9.53 Å². The Labute approximate surface area is 239 Å². The molecule has 2 aliphatic heterocycles. The molecule has 0 bridgehead atoms. The second-order valence-corrected chi connectivity index (χ2v) is 11.5. The standard InChI is InChI=1S/C32H33ClN2O5/c1-19(2)39-28(36)18-38-27-17-26-22(16-25(27)33)29(20-10-5-3-6-11-20)23-14-9-15-24-30(21-12-7-4-8-13-21)34-31(37)35-32(23,24)40-26/h3-8,10-13,16-17,19,23-24,29-30H,9,14-15,18H2,1-2H3,(H2,34,35,37)/t23-,24-,29+,30+,32+/m0/s1. The van der Waals surface area contributed by atoms with Gasteiger partial charge in [0.25, 0.3) is 0 Å². The number of carbonyl (C=O) groups excluding carboxylic acids is 2. The van der Waals surface area contributed by atoms with Gasteiger partial charge in [-0.15, -0.1) is 0 Å². The molecule has 7 nitrogen and oxygen atoms in total. The molecular weight excluding hydrogens is 528 g/mol. The van der Waals surface area contributed by atoms with Crippen molar-refractivity contribution in [1.82, 2.24) is 10.6 Å². The lowest BCUT2D eigenvalue weighted by Gasteiger charge is -2.58. The van der Waals surface area contributed by atoms with Crippen molar-refractivity contribution >= 4 is 23.6 Å². The number of halogens is 1. The summed E-state index contributed by atoms with van der Waals surface area (Å²) < 4.78 is 18.0. The molecule has 6 rings (SSSR count). The fourth-order valence-electron chi connectivity index (χ4n) is 6.78. The number of urea groups is 1. The molecule has 0 aromatic heterocycles. The number of rotatable bonds is 6. The molecule has 3 aliphatic rings. The van der Waals surface area contributed by atoms with Gasteiger partial charge in [-0.2, -0.15) is 0 Å². The second kappa shape index (κ2) is 10.7. The molecule has 208 valence electrons. The summed E-state index contributed by atoms with van der Waals surface area (Å²) in [5, 5.41) is 6.83. The minimum Gasteiger partial charge on any atom is -0.480 e. The molecular formula is C32H33ClN2O5. The largest absolute Gasteiger partial charge is 0.480 e. The Morgan fingerprint density at radius 1 is 1.02 bits per heavy atom. The second-order valence-electron chi connectivity index (χ2n) is 11.1. The van der Waals surface area contributed by atoms with Gasteiger partial charge in [-0.05, 0) is 43.9 Å². The summed E-state index contributed by atoms with van der Waals surface area (Å²) in [6.07, 6.45) is 2.53. The van der Waals surface area contributed by atoms with Crippen molar-refractivity contribution in [3.05, 3.63) is 94.5 Å². The number of nitrogens with one attached hydrogen (secondary N) is 2. The van der Waals surface area contributed by atoms with E-state index in [9.17, 15) is 9.59 Å². The van der Waals surface area contributed by atoms with Crippen molar-refractivity contribution < 1.29 is 23.8 Å². The van der Waals surface area contributed by atoms with Crippen LogP contribution >= 0.6 is 11.6 Å². The van der Waals surface area contributed by atoms with Crippen molar-refractivity contribution in [2.45, 2.75) is 56.9 Å². The Balaban J connectivity index is 1.45. The van der Waals surface area contributed by atoms with Gasteiger partial charge >= 0.3 is 12.0 Å². The number of amides is 2. The third kappa shape index (κ3) is 4.77. The number of hydrogen-bond donors (Lipinski definition) is 2. The highest BCUT2D eigenvalue weighted by Gasteiger charge is 2.61. The minimum absolute atomic E-state index is 0.0215. The predicted molar refractivity (Wildman–Crippen MR) is 152 cm³/mol. The number of esters is 1. The Morgan fingerprint density at radius 2 is 1.70 bits per heavy atom. The van der Waals surface area contributed by atoms with Gasteiger partial charge in [-0.3, -0.25) is 5.32 Å². The van der Waals surface area contributed by atoms with E-state index in [1.54, 1.807) is 19.9 Å². The lowest BCUT2D eigenvalue weighted by molar-refractivity contribution is -0.149. The summed E-state index contributed by atoms with van der Waals surface area (Å²) in [5.41, 5.74) is 2.17. The van der Waals surface area contributed by atoms with E-state index in [-0.39, 0.29) is 42.5 Å². The number of carbonyl (C=O) groups is 2. The van der Waals surface area contributed by atoms with Gasteiger partial charge in [-0.25, -0.2) is 9.59 Å². The van der Waals surface area contributed by atoms with E-state index < -0.39 is 11.7 Å². The quantitative estimate of drug-likeness (QED) is 0.343. The zero-order valence-electron chi connectivity index (χ0n) is 22.6. The molecule has 1 saturated heterocycles. The lowest BCUT2D eigenvalue weighted by atomic mass is 9.60. The zero-order valence-corrected chi connectivity index (χ0v) is 23.3. The van der Waals surface area contributed by atoms with E-state index in [0.717, 1.165) is 36.0 Å². The summed E-state index contributed by atoms with van der Waals surface area (Å²) in [6, 6.07) is 23.6. The van der Waals surface area contributed by atoms with Crippen LogP contribution in [-0.4, -0.2) is 30.4 Å². The molecule has 5 atom stereocenters. The van der Waals surface area contributed by atoms with Crippen LogP contribution in [0.3, 0.4) is 0 Å². The van der Waals surface area contributed by atoms with Crippen molar-refractivity contribution in [1.29, 1.82) is 0 Å². The molecule has 3 aromatic carbocycles. The maximum absolute atomic E-state index is 13.3. The molecule has 2 amide bonds. The van der Waals surface area contributed by atoms with Crippen LogP contribution in [0.5, 0.6) is 11.5 Å². The van der Waals surface area contributed by atoms with Crippen LogP contribution in [0, 0.1) is 11.8 Å². The lowest BCUT2D eigenvalue weighted by Crippen LogP contribution is -2.73. The fraction of sp³-hybridized carbons (Fsp3) is 0.375. The first-order valence-corrected chi connectivity index (χ1v) is 14.3. The van der Waals surface area contributed by atoms with Crippen molar-refractivity contribution in [3.63, 3.8) is 0 Å². The molecule has 1 saturated carbocycles. The summed E-state index contributed by atoms with van der Waals surface area (Å²) >= 11 is 6.73. The number of benzene rings is 3. The SMILES string of the molecule is CC(C)OC(=O)COc1cc2c(cc1Cl)[C@@H](c1ccccc1)[C@@H]1CCC[C@H]3[C@@H](c4ccccc4)NC(=O)N[C@@]13O2. The highest BCUT2D eigenvalue weighted by Crippen LogP contribution is 2.58. The summed E-state index contributed by atoms with van der Waals surface area (Å²) in [5.74, 6) is 0.320. The van der Waals surface area contributed by atoms with Crippen LogP contribution in [0.1, 0.15) is 61.8 Å². The third-order valence-electron chi connectivity index (χ3n) is 8.24. The summed E-state index contributed by atoms with van der Waals surface area (Å²) in [4.78, 5) is 25.5. The van der Waals surface area contributed by atoms with Crippen molar-refractivity contribution in [2.24, 2.45) is 11.8 Å². The molecule has 3 aromatic rings. The molecule has 2 N–H and O–H groups in total. The van der Waals surface area contributed by atoms with E-state index >= 15 is 0 Å². The topological polar surface area (TPSA) is 85.9 Å². The monoisotopic (exact) mass is 560 g/mol. The van der Waals surface area contributed by atoms with Crippen molar-refractivity contribution in [3.8, 4) is 11.5 Å². The summed E-state index contributed by atoms with van der Waals surface area (Å²) in [6.45, 7) is 3.30. The average Bonchev–Trinajstić information content (AvgIpc) is 2.94. The summed E-state index contributed by atoms with van der Waals surface area (Å²) in [7, 11) is 0. The van der Waals surface area contributed by atoms with Gasteiger partial charge in [0.1, 0.15) is 11.5 Å². The van der Waals surface area contributed by atoms with E-state index in [4.69, 9.17) is 25.8 Å². The first-order valence-electron chi connectivity index (χ1n) is 13.9. The van der Waals surface area contributed by atoms with Gasteiger partial charge in [0, 0.05) is 29.4 Å². The molecule has 1 aliphatic carbocycles. The number of hydrogen-bond acceptors (Lipinski definition) is 5. The van der Waals surface area contributed by atoms with Crippen LogP contribution < -0.4 is 20.1 Å². The maximum atomic E-state index is 13.3. The van der Waals surface area contributed by atoms with E-state index in [1.165, 1.54) is 0 Å². The normalized spacial score (nSPS) is 26.8. The van der Waals surface area contributed by atoms with E-state index in [2.05, 4.69) is 34.9 Å². The van der Waals surface area contributed by atoms with Gasteiger partial charge in [-0.1, -0.05) is 78.7 Å². The highest BCUT2D eigenvalue weighted by atomic mass is 35.5. The molecule has 0 unspecified atom stereocenters. The Morgan fingerprint density at radius 3 is 2.40 bits per heavy atom. The fourth-order valence-corrected chi connectivity index (χ4v) is 7.01. The molecule has 1 spiro atoms. The average molecular weight is 561 g/mol. The van der Waals surface area contributed by atoms with E-state index in [0.29, 0.717) is 16.5 Å². The molecule has 0 radical (unpaired) electrons. The predicted octanol–water partition coefficient (Wildman–Crippen LogP) is 6.36. The smallest absolute Gasteiger partial charge is 0.344 e. The van der Waals surface area contributed by atoms with E-state index in [1.807, 2.05) is 42.5 Å². The van der Waals surface area contributed by atoms with Gasteiger partial charge in [0.15, 0.2) is 12.3 Å². The third-order valence-corrected chi connectivity index (χ3v) is 8.54. The van der Waals surface area contributed by atoms with Crippen LogP contribution in [0.2, 0.25) is 5.02 Å². The molecule has 8 heteroatoms. The Hall–Kier alpha value is -3.71. The Kier molecular flexibility index (Phi) is 7.09. The van der Waals surface area contributed by atoms with Crippen LogP contribution in [0.15, 0.2) is 72.8 Å². The highest BCUT2D eigenvalue weighted by molar-refractivity contribution is 6.32. The van der Waals surface area contributed by atoms with Gasteiger partial charge in [0.2, 0.25) is 0 Å². The van der Waals surface area contributed by atoms with Crippen molar-refractivity contribution in [2.75, 3.05) is 6.61 Å². The van der Waals surface area contributed by atoms with Crippen LogP contribution in [0.4, 0.5) is 4.79 Å². The zero-order chi connectivity index (χ0) is 27.9. The van der Waals surface area contributed by atoms with Crippen LogP contribution in [0.25, 0.3) is 0 Å². The molecule has 2 fully saturated rings. The number of ether oxygens (including phenoxy) is 3. The first kappa shape index (κ1) is 26.5. The maximum Gasteiger partial charge on any atom is 0.344 e. The van der Waals surface area contributed by atoms with Gasteiger partial charge in [0.05, 0.1) is 17.2 Å². The first-order chi connectivity index (χ1) is 19.4. The molecule has 2 heterocycles.